The second-order valence-corrected chi connectivity index (χ2v) is 6.86. The Bertz CT molecular complexity index is 584. The van der Waals surface area contributed by atoms with Crippen molar-refractivity contribution in [2.75, 3.05) is 27.2 Å². The lowest BCUT2D eigenvalue weighted by Crippen LogP contribution is -2.46. The molecule has 0 aliphatic carbocycles. The minimum absolute atomic E-state index is 0.0152. The van der Waals surface area contributed by atoms with Crippen molar-refractivity contribution in [2.24, 2.45) is 11.8 Å². The fraction of sp³-hybridized carbons (Fsp3) is 0.800. The predicted octanol–water partition coefficient (Wildman–Crippen LogP) is 0.126. The molecule has 0 aromatic carbocycles. The standard InChI is InChI=1S/C15H27N7O2/c1-10(2)12-8-21(9-13(12)16-15(24)20(4)5)14(23)6-7-22-11(3)17-18-19-22/h10,12-13H,6-9H2,1-5H3,(H,16,24). The lowest BCUT2D eigenvalue weighted by Gasteiger charge is -2.24. The quantitative estimate of drug-likeness (QED) is 0.823. The van der Waals surface area contributed by atoms with E-state index >= 15 is 0 Å². The minimum atomic E-state index is -0.121. The van der Waals surface area contributed by atoms with Gasteiger partial charge < -0.3 is 15.1 Å². The SMILES string of the molecule is Cc1nnnn1CCC(=O)N1CC(NC(=O)N(C)C)C(C(C)C)C1. The largest absolute Gasteiger partial charge is 0.340 e. The number of nitrogens with one attached hydrogen (secondary N) is 1. The highest BCUT2D eigenvalue weighted by atomic mass is 16.2. The van der Waals surface area contributed by atoms with E-state index in [2.05, 4.69) is 34.7 Å². The molecule has 1 aliphatic heterocycles. The zero-order valence-corrected chi connectivity index (χ0v) is 15.1. The molecule has 2 heterocycles. The summed E-state index contributed by atoms with van der Waals surface area (Å²) in [6, 6.07) is -0.136. The third-order valence-corrected chi connectivity index (χ3v) is 4.54. The van der Waals surface area contributed by atoms with E-state index in [9.17, 15) is 9.59 Å². The number of hydrogen-bond acceptors (Lipinski definition) is 5. The van der Waals surface area contributed by atoms with Crippen molar-refractivity contribution in [3.05, 3.63) is 5.82 Å². The van der Waals surface area contributed by atoms with E-state index in [0.29, 0.717) is 37.8 Å². The molecule has 0 saturated carbocycles. The van der Waals surface area contributed by atoms with Gasteiger partial charge >= 0.3 is 6.03 Å². The Kier molecular flexibility index (Phi) is 5.74. The van der Waals surface area contributed by atoms with Crippen LogP contribution in [-0.4, -0.2) is 75.2 Å². The first-order valence-electron chi connectivity index (χ1n) is 8.28. The van der Waals surface area contributed by atoms with E-state index in [4.69, 9.17) is 0 Å². The first-order valence-corrected chi connectivity index (χ1v) is 8.28. The van der Waals surface area contributed by atoms with Crippen LogP contribution in [0.1, 0.15) is 26.1 Å². The Balaban J connectivity index is 1.94. The number of aromatic nitrogens is 4. The van der Waals surface area contributed by atoms with E-state index in [0.717, 1.165) is 0 Å². The van der Waals surface area contributed by atoms with Crippen LogP contribution >= 0.6 is 0 Å². The second-order valence-electron chi connectivity index (χ2n) is 6.86. The number of carbonyl (C=O) groups is 2. The molecule has 1 aliphatic rings. The molecule has 2 rings (SSSR count). The van der Waals surface area contributed by atoms with Gasteiger partial charge in [-0.2, -0.15) is 0 Å². The van der Waals surface area contributed by atoms with Gasteiger partial charge in [0.1, 0.15) is 5.82 Å². The van der Waals surface area contributed by atoms with Gasteiger partial charge in [0, 0.05) is 39.5 Å². The summed E-state index contributed by atoms with van der Waals surface area (Å²) in [5.74, 6) is 1.40. The molecule has 24 heavy (non-hydrogen) atoms. The van der Waals surface area contributed by atoms with E-state index in [1.165, 1.54) is 4.90 Å². The first kappa shape index (κ1) is 18.2. The summed E-state index contributed by atoms with van der Waals surface area (Å²) >= 11 is 0. The summed E-state index contributed by atoms with van der Waals surface area (Å²) in [5, 5.41) is 14.3. The van der Waals surface area contributed by atoms with Crippen LogP contribution in [0.5, 0.6) is 0 Å². The van der Waals surface area contributed by atoms with Crippen molar-refractivity contribution in [3.63, 3.8) is 0 Å². The zero-order valence-electron chi connectivity index (χ0n) is 15.1. The van der Waals surface area contributed by atoms with Gasteiger partial charge in [-0.25, -0.2) is 9.48 Å². The summed E-state index contributed by atoms with van der Waals surface area (Å²) < 4.78 is 1.62. The molecule has 1 aromatic rings. The Morgan fingerprint density at radius 2 is 2.04 bits per heavy atom. The Morgan fingerprint density at radius 3 is 2.58 bits per heavy atom. The molecule has 1 N–H and O–H groups in total. The van der Waals surface area contributed by atoms with Gasteiger partial charge in [-0.05, 0) is 23.3 Å². The molecule has 1 saturated heterocycles. The summed E-state index contributed by atoms with van der Waals surface area (Å²) in [4.78, 5) is 27.8. The smallest absolute Gasteiger partial charge is 0.317 e. The average molecular weight is 337 g/mol. The molecule has 0 bridgehead atoms. The van der Waals surface area contributed by atoms with Crippen LogP contribution in [0.25, 0.3) is 0 Å². The van der Waals surface area contributed by atoms with Gasteiger partial charge in [-0.3, -0.25) is 4.79 Å². The fourth-order valence-corrected chi connectivity index (χ4v) is 2.96. The van der Waals surface area contributed by atoms with Crippen molar-refractivity contribution < 1.29 is 9.59 Å². The summed E-state index contributed by atoms with van der Waals surface area (Å²) in [6.45, 7) is 7.74. The molecule has 0 spiro atoms. The van der Waals surface area contributed by atoms with Crippen LogP contribution in [0.2, 0.25) is 0 Å². The molecule has 1 fully saturated rings. The molecule has 134 valence electrons. The maximum atomic E-state index is 12.5. The van der Waals surface area contributed by atoms with Gasteiger partial charge in [-0.15, -0.1) is 5.10 Å². The van der Waals surface area contributed by atoms with Crippen LogP contribution in [0.15, 0.2) is 0 Å². The number of likely N-dealkylation sites (tertiary alicyclic amines) is 1. The number of hydrogen-bond donors (Lipinski definition) is 1. The van der Waals surface area contributed by atoms with Gasteiger partial charge in [0.25, 0.3) is 0 Å². The molecule has 1 aromatic heterocycles. The third kappa shape index (κ3) is 4.21. The van der Waals surface area contributed by atoms with Gasteiger partial charge in [0.15, 0.2) is 0 Å². The zero-order chi connectivity index (χ0) is 17.9. The minimum Gasteiger partial charge on any atom is -0.340 e. The maximum absolute atomic E-state index is 12.5. The second kappa shape index (κ2) is 7.59. The summed E-state index contributed by atoms with van der Waals surface area (Å²) in [7, 11) is 3.43. The van der Waals surface area contributed by atoms with E-state index in [1.54, 1.807) is 18.8 Å². The Morgan fingerprint density at radius 1 is 1.33 bits per heavy atom. The number of amides is 3. The van der Waals surface area contributed by atoms with Crippen molar-refractivity contribution in [1.29, 1.82) is 0 Å². The van der Waals surface area contributed by atoms with Crippen molar-refractivity contribution >= 4 is 11.9 Å². The van der Waals surface area contributed by atoms with Crippen molar-refractivity contribution in [3.8, 4) is 0 Å². The monoisotopic (exact) mass is 337 g/mol. The topological polar surface area (TPSA) is 96.2 Å². The number of tetrazole rings is 1. The van der Waals surface area contributed by atoms with Crippen molar-refractivity contribution in [2.45, 2.75) is 39.8 Å². The van der Waals surface area contributed by atoms with Gasteiger partial charge in [0.05, 0.1) is 12.6 Å². The van der Waals surface area contributed by atoms with E-state index in [1.807, 2.05) is 11.8 Å². The number of rotatable bonds is 5. The highest BCUT2D eigenvalue weighted by Crippen LogP contribution is 2.25. The van der Waals surface area contributed by atoms with Crippen LogP contribution in [-0.2, 0) is 11.3 Å². The molecule has 0 radical (unpaired) electrons. The van der Waals surface area contributed by atoms with Gasteiger partial charge in [-0.1, -0.05) is 13.8 Å². The molecule has 9 nitrogen and oxygen atoms in total. The first-order chi connectivity index (χ1) is 11.3. The number of carbonyl (C=O) groups excluding carboxylic acids is 2. The van der Waals surface area contributed by atoms with Crippen LogP contribution in [0, 0.1) is 18.8 Å². The Hall–Kier alpha value is -2.19. The highest BCUT2D eigenvalue weighted by Gasteiger charge is 2.37. The average Bonchev–Trinajstić information content (AvgIpc) is 3.11. The number of urea groups is 1. The fourth-order valence-electron chi connectivity index (χ4n) is 2.96. The molecular weight excluding hydrogens is 310 g/mol. The normalized spacial score (nSPS) is 20.5. The number of aryl methyl sites for hydroxylation is 2. The predicted molar refractivity (Wildman–Crippen MR) is 88.1 cm³/mol. The van der Waals surface area contributed by atoms with Crippen LogP contribution < -0.4 is 5.32 Å². The maximum Gasteiger partial charge on any atom is 0.317 e. The van der Waals surface area contributed by atoms with E-state index in [-0.39, 0.29) is 23.9 Å². The summed E-state index contributed by atoms with van der Waals surface area (Å²) in [6.07, 6.45) is 0.352. The number of nitrogens with zero attached hydrogens (tertiary/aromatic N) is 6. The lowest BCUT2D eigenvalue weighted by atomic mass is 9.91. The summed E-state index contributed by atoms with van der Waals surface area (Å²) in [5.41, 5.74) is 0. The molecule has 9 heteroatoms. The van der Waals surface area contributed by atoms with Crippen LogP contribution in [0.4, 0.5) is 4.79 Å². The molecule has 3 amide bonds. The van der Waals surface area contributed by atoms with Crippen LogP contribution in [0.3, 0.4) is 0 Å². The van der Waals surface area contributed by atoms with Gasteiger partial charge in [0.2, 0.25) is 5.91 Å². The van der Waals surface area contributed by atoms with E-state index < -0.39 is 0 Å². The highest BCUT2D eigenvalue weighted by molar-refractivity contribution is 5.77. The lowest BCUT2D eigenvalue weighted by molar-refractivity contribution is -0.130. The Labute approximate surface area is 142 Å². The molecule has 2 unspecified atom stereocenters. The molecule has 2 atom stereocenters. The third-order valence-electron chi connectivity index (χ3n) is 4.54. The van der Waals surface area contributed by atoms with Crippen molar-refractivity contribution in [1.82, 2.24) is 35.3 Å². The molecular formula is C15H27N7O2.